The molecule has 19 heavy (non-hydrogen) atoms. The van der Waals surface area contributed by atoms with Gasteiger partial charge in [0.1, 0.15) is 5.52 Å². The summed E-state index contributed by atoms with van der Waals surface area (Å²) in [5.74, 6) is -0.210. The van der Waals surface area contributed by atoms with Crippen LogP contribution in [-0.2, 0) is 22.6 Å². The Hall–Kier alpha value is -1.63. The Bertz CT molecular complexity index is 653. The van der Waals surface area contributed by atoms with E-state index in [-0.39, 0.29) is 5.97 Å². The molecular formula is C12H18N4O2S. The molecule has 0 spiro atoms. The number of carbonyl (C=O) groups excluding carboxylic acids is 1. The number of aryl methyl sites for hydroxylation is 3. The molecule has 104 valence electrons. The van der Waals surface area contributed by atoms with Crippen LogP contribution < -0.4 is 0 Å². The zero-order chi connectivity index (χ0) is 14.0. The lowest BCUT2D eigenvalue weighted by Gasteiger charge is -2.06. The number of rotatable bonds is 5. The van der Waals surface area contributed by atoms with Gasteiger partial charge >= 0.3 is 5.97 Å². The quantitative estimate of drug-likeness (QED) is 0.674. The molecule has 7 heteroatoms. The van der Waals surface area contributed by atoms with Crippen LogP contribution in [0, 0.1) is 11.7 Å². The molecule has 0 amide bonds. The molecule has 0 unspecified atom stereocenters. The molecule has 0 radical (unpaired) electrons. The van der Waals surface area contributed by atoms with E-state index in [2.05, 4.69) is 10.1 Å². The molecule has 0 bridgehead atoms. The van der Waals surface area contributed by atoms with E-state index < -0.39 is 0 Å². The van der Waals surface area contributed by atoms with Gasteiger partial charge in [0.15, 0.2) is 10.4 Å². The summed E-state index contributed by atoms with van der Waals surface area (Å²) < 4.78 is 9.35. The van der Waals surface area contributed by atoms with Crippen LogP contribution in [0.15, 0.2) is 0 Å². The lowest BCUT2D eigenvalue weighted by Crippen LogP contribution is -2.11. The van der Waals surface area contributed by atoms with Crippen LogP contribution in [0.2, 0.25) is 0 Å². The summed E-state index contributed by atoms with van der Waals surface area (Å²) in [5, 5.41) is 4.44. The highest BCUT2D eigenvalue weighted by Crippen LogP contribution is 2.18. The number of fused-ring (bicyclic) bond motifs is 1. The number of hydrogen-bond acceptors (Lipinski definition) is 4. The molecule has 2 heterocycles. The molecule has 1 N–H and O–H groups in total. The Kier molecular flexibility index (Phi) is 4.04. The number of carbonyl (C=O) groups is 1. The number of aromatic nitrogens is 4. The number of H-pyrrole nitrogens is 1. The minimum absolute atomic E-state index is 0.210. The second kappa shape index (κ2) is 5.56. The maximum Gasteiger partial charge on any atom is 0.307 e. The van der Waals surface area contributed by atoms with E-state index in [1.807, 2.05) is 23.1 Å². The van der Waals surface area contributed by atoms with E-state index in [4.69, 9.17) is 17.0 Å². The Morgan fingerprint density at radius 3 is 2.84 bits per heavy atom. The Labute approximate surface area is 116 Å². The molecule has 0 fully saturated rings. The van der Waals surface area contributed by atoms with Crippen molar-refractivity contribution >= 4 is 29.4 Å². The van der Waals surface area contributed by atoms with E-state index in [9.17, 15) is 4.79 Å². The van der Waals surface area contributed by atoms with Gasteiger partial charge in [0.25, 0.3) is 0 Å². The maximum atomic E-state index is 11.4. The van der Waals surface area contributed by atoms with Crippen molar-refractivity contribution in [1.29, 1.82) is 0 Å². The topological polar surface area (TPSA) is 64.8 Å². The highest BCUT2D eigenvalue weighted by atomic mass is 32.1. The van der Waals surface area contributed by atoms with Gasteiger partial charge in [-0.2, -0.15) is 5.10 Å². The standard InChI is InChI=1S/C12H18N4O2S/c1-4-16-11-10(8(3)14-16)13-12(19)15(11)7-6-9(17)18-5-2/h4-7H2,1-3H3,(H,13,19). The number of nitrogens with one attached hydrogen (secondary N) is 1. The first-order valence-electron chi connectivity index (χ1n) is 6.40. The van der Waals surface area contributed by atoms with Crippen LogP contribution in [0.1, 0.15) is 26.0 Å². The van der Waals surface area contributed by atoms with Crippen molar-refractivity contribution in [2.45, 2.75) is 40.3 Å². The smallest absolute Gasteiger partial charge is 0.307 e. The Balaban J connectivity index is 2.34. The van der Waals surface area contributed by atoms with E-state index >= 15 is 0 Å². The van der Waals surface area contributed by atoms with Crippen molar-refractivity contribution < 1.29 is 9.53 Å². The van der Waals surface area contributed by atoms with Crippen molar-refractivity contribution in [3.8, 4) is 0 Å². The van der Waals surface area contributed by atoms with Crippen LogP contribution in [0.5, 0.6) is 0 Å². The molecule has 2 rings (SSSR count). The number of esters is 1. The van der Waals surface area contributed by atoms with Crippen molar-refractivity contribution in [2.24, 2.45) is 0 Å². The van der Waals surface area contributed by atoms with Gasteiger partial charge in [-0.15, -0.1) is 0 Å². The molecule has 0 saturated heterocycles. The zero-order valence-corrected chi connectivity index (χ0v) is 12.2. The molecule has 0 aliphatic rings. The van der Waals surface area contributed by atoms with Crippen molar-refractivity contribution in [3.05, 3.63) is 10.5 Å². The first kappa shape index (κ1) is 13.8. The average Bonchev–Trinajstić information content (AvgIpc) is 2.85. The fourth-order valence-electron chi connectivity index (χ4n) is 2.12. The zero-order valence-electron chi connectivity index (χ0n) is 11.4. The van der Waals surface area contributed by atoms with Gasteiger partial charge in [-0.1, -0.05) is 0 Å². The molecule has 0 atom stereocenters. The highest BCUT2D eigenvalue weighted by molar-refractivity contribution is 7.71. The molecule has 2 aromatic heterocycles. The van der Waals surface area contributed by atoms with Crippen LogP contribution in [0.4, 0.5) is 0 Å². The Morgan fingerprint density at radius 2 is 2.21 bits per heavy atom. The predicted octanol–water partition coefficient (Wildman–Crippen LogP) is 2.18. The van der Waals surface area contributed by atoms with Crippen LogP contribution in [0.25, 0.3) is 11.2 Å². The summed E-state index contributed by atoms with van der Waals surface area (Å²) >= 11 is 5.30. The van der Waals surface area contributed by atoms with E-state index in [1.54, 1.807) is 6.92 Å². The summed E-state index contributed by atoms with van der Waals surface area (Å²) in [5.41, 5.74) is 2.79. The molecule has 0 saturated carbocycles. The van der Waals surface area contributed by atoms with Crippen LogP contribution >= 0.6 is 12.2 Å². The molecule has 0 aliphatic heterocycles. The third-order valence-electron chi connectivity index (χ3n) is 2.98. The first-order chi connectivity index (χ1) is 9.08. The monoisotopic (exact) mass is 282 g/mol. The molecule has 0 aromatic carbocycles. The second-order valence-corrected chi connectivity index (χ2v) is 4.62. The highest BCUT2D eigenvalue weighted by Gasteiger charge is 2.14. The van der Waals surface area contributed by atoms with E-state index in [0.29, 0.717) is 24.3 Å². The summed E-state index contributed by atoms with van der Waals surface area (Å²) in [6.07, 6.45) is 0.309. The first-order valence-corrected chi connectivity index (χ1v) is 6.80. The van der Waals surface area contributed by atoms with Crippen molar-refractivity contribution in [3.63, 3.8) is 0 Å². The minimum atomic E-state index is -0.210. The maximum absolute atomic E-state index is 11.4. The summed E-state index contributed by atoms with van der Waals surface area (Å²) in [6.45, 7) is 7.43. The van der Waals surface area contributed by atoms with Gasteiger partial charge in [-0.05, 0) is 33.0 Å². The SMILES string of the molecule is CCOC(=O)CCn1c(=S)[nH]c2c(C)nn(CC)c21. The number of nitrogens with zero attached hydrogens (tertiary/aromatic N) is 3. The fraction of sp³-hybridized carbons (Fsp3) is 0.583. The van der Waals surface area contributed by atoms with Gasteiger partial charge in [-0.3, -0.25) is 4.79 Å². The summed E-state index contributed by atoms with van der Waals surface area (Å²) in [4.78, 5) is 14.6. The lowest BCUT2D eigenvalue weighted by atomic mass is 10.4. The second-order valence-electron chi connectivity index (χ2n) is 4.24. The largest absolute Gasteiger partial charge is 0.466 e. The third kappa shape index (κ3) is 2.56. The molecule has 0 aliphatic carbocycles. The number of hydrogen-bond donors (Lipinski definition) is 1. The normalized spacial score (nSPS) is 11.1. The van der Waals surface area contributed by atoms with Crippen molar-refractivity contribution in [1.82, 2.24) is 19.3 Å². The number of ether oxygens (including phenoxy) is 1. The predicted molar refractivity (Wildman–Crippen MR) is 74.6 cm³/mol. The molecule has 6 nitrogen and oxygen atoms in total. The fourth-order valence-corrected chi connectivity index (χ4v) is 2.40. The summed E-state index contributed by atoms with van der Waals surface area (Å²) in [7, 11) is 0. The number of aromatic amines is 1. The van der Waals surface area contributed by atoms with Gasteiger partial charge in [-0.25, -0.2) is 4.68 Å². The van der Waals surface area contributed by atoms with E-state index in [0.717, 1.165) is 23.4 Å². The van der Waals surface area contributed by atoms with Crippen LogP contribution in [0.3, 0.4) is 0 Å². The Morgan fingerprint density at radius 1 is 1.47 bits per heavy atom. The van der Waals surface area contributed by atoms with Crippen LogP contribution in [-0.4, -0.2) is 31.9 Å². The third-order valence-corrected chi connectivity index (χ3v) is 3.30. The molecule has 2 aromatic rings. The van der Waals surface area contributed by atoms with E-state index in [1.165, 1.54) is 0 Å². The van der Waals surface area contributed by atoms with Crippen molar-refractivity contribution in [2.75, 3.05) is 6.61 Å². The minimum Gasteiger partial charge on any atom is -0.466 e. The number of imidazole rings is 1. The van der Waals surface area contributed by atoms with Gasteiger partial charge in [0.2, 0.25) is 0 Å². The van der Waals surface area contributed by atoms with Gasteiger partial charge < -0.3 is 14.3 Å². The summed E-state index contributed by atoms with van der Waals surface area (Å²) in [6, 6.07) is 0. The van der Waals surface area contributed by atoms with Gasteiger partial charge in [0.05, 0.1) is 18.7 Å². The van der Waals surface area contributed by atoms with Gasteiger partial charge in [0, 0.05) is 13.1 Å². The molecular weight excluding hydrogens is 264 g/mol. The average molecular weight is 282 g/mol. The lowest BCUT2D eigenvalue weighted by molar-refractivity contribution is -0.143.